The van der Waals surface area contributed by atoms with Crippen LogP contribution in [0.25, 0.3) is 0 Å². The molecule has 1 aromatic heterocycles. The monoisotopic (exact) mass is 411 g/mol. The van der Waals surface area contributed by atoms with Gasteiger partial charge in [-0.15, -0.1) is 0 Å². The average molecular weight is 412 g/mol. The van der Waals surface area contributed by atoms with Crippen molar-refractivity contribution in [3.63, 3.8) is 0 Å². The molecular weight excluding hydrogens is 386 g/mol. The number of carbonyl (C=O) groups is 1. The topological polar surface area (TPSA) is 47.4 Å². The minimum Gasteiger partial charge on any atom is -0.497 e. The van der Waals surface area contributed by atoms with Crippen LogP contribution in [0.4, 0.5) is 0 Å². The third-order valence-corrected chi connectivity index (χ3v) is 4.86. The number of aromatic nitrogens is 2. The Bertz CT molecular complexity index is 934. The maximum atomic E-state index is 13.1. The highest BCUT2D eigenvalue weighted by Crippen LogP contribution is 2.17. The van der Waals surface area contributed by atoms with Gasteiger partial charge < -0.3 is 14.2 Å². The van der Waals surface area contributed by atoms with Crippen LogP contribution in [0.2, 0.25) is 5.02 Å². The van der Waals surface area contributed by atoms with Gasteiger partial charge in [0.2, 0.25) is 0 Å². The molecule has 3 rings (SSSR count). The molecule has 0 fully saturated rings. The van der Waals surface area contributed by atoms with E-state index in [1.54, 1.807) is 37.6 Å². The SMILES string of the molecule is COc1ccc(Cn2ccnc2CN(CC(C)C)C(=O)c2ccc(Cl)cc2)cc1. The number of imidazole rings is 1. The van der Waals surface area contributed by atoms with Gasteiger partial charge >= 0.3 is 0 Å². The van der Waals surface area contributed by atoms with Crippen LogP contribution in [0, 0.1) is 5.92 Å². The van der Waals surface area contributed by atoms with Gasteiger partial charge in [0.25, 0.3) is 5.91 Å². The third-order valence-electron chi connectivity index (χ3n) is 4.61. The second-order valence-electron chi connectivity index (χ2n) is 7.41. The molecule has 152 valence electrons. The Morgan fingerprint density at radius 2 is 1.83 bits per heavy atom. The molecule has 0 atom stereocenters. The number of ether oxygens (including phenoxy) is 1. The first-order chi connectivity index (χ1) is 14.0. The van der Waals surface area contributed by atoms with Crippen LogP contribution in [0.5, 0.6) is 5.75 Å². The van der Waals surface area contributed by atoms with Crippen LogP contribution in [0.15, 0.2) is 60.9 Å². The van der Waals surface area contributed by atoms with Crippen molar-refractivity contribution in [1.29, 1.82) is 0 Å². The van der Waals surface area contributed by atoms with Crippen LogP contribution < -0.4 is 4.74 Å². The number of hydrogen-bond donors (Lipinski definition) is 0. The zero-order valence-electron chi connectivity index (χ0n) is 17.0. The highest BCUT2D eigenvalue weighted by Gasteiger charge is 2.19. The molecule has 0 radical (unpaired) electrons. The molecule has 0 bridgehead atoms. The summed E-state index contributed by atoms with van der Waals surface area (Å²) >= 11 is 5.97. The van der Waals surface area contributed by atoms with E-state index in [0.29, 0.717) is 36.1 Å². The molecule has 6 heteroatoms. The van der Waals surface area contributed by atoms with E-state index in [-0.39, 0.29) is 5.91 Å². The molecule has 0 aliphatic rings. The number of methoxy groups -OCH3 is 1. The average Bonchev–Trinajstić information content (AvgIpc) is 3.14. The zero-order chi connectivity index (χ0) is 20.8. The minimum atomic E-state index is -0.0191. The molecule has 5 nitrogen and oxygen atoms in total. The minimum absolute atomic E-state index is 0.0191. The molecule has 0 aliphatic heterocycles. The maximum Gasteiger partial charge on any atom is 0.254 e. The van der Waals surface area contributed by atoms with E-state index < -0.39 is 0 Å². The fourth-order valence-corrected chi connectivity index (χ4v) is 3.30. The summed E-state index contributed by atoms with van der Waals surface area (Å²) in [7, 11) is 1.66. The van der Waals surface area contributed by atoms with Crippen molar-refractivity contribution in [2.45, 2.75) is 26.9 Å². The first kappa shape index (κ1) is 20.9. The lowest BCUT2D eigenvalue weighted by Gasteiger charge is -2.25. The van der Waals surface area contributed by atoms with Crippen LogP contribution in [0.3, 0.4) is 0 Å². The zero-order valence-corrected chi connectivity index (χ0v) is 17.8. The number of benzene rings is 2. The largest absolute Gasteiger partial charge is 0.497 e. The number of nitrogens with zero attached hydrogens (tertiary/aromatic N) is 3. The molecule has 0 spiro atoms. The van der Waals surface area contributed by atoms with Crippen molar-refractivity contribution >= 4 is 17.5 Å². The molecule has 1 heterocycles. The molecule has 0 aliphatic carbocycles. The van der Waals surface area contributed by atoms with E-state index in [2.05, 4.69) is 23.4 Å². The van der Waals surface area contributed by atoms with Gasteiger partial charge in [0.1, 0.15) is 11.6 Å². The van der Waals surface area contributed by atoms with Gasteiger partial charge in [0.05, 0.1) is 13.7 Å². The molecule has 3 aromatic rings. The summed E-state index contributed by atoms with van der Waals surface area (Å²) in [6.07, 6.45) is 3.72. The molecule has 0 unspecified atom stereocenters. The fourth-order valence-electron chi connectivity index (χ4n) is 3.17. The lowest BCUT2D eigenvalue weighted by atomic mass is 10.1. The Hall–Kier alpha value is -2.79. The quantitative estimate of drug-likeness (QED) is 0.530. The predicted molar refractivity (Wildman–Crippen MR) is 115 cm³/mol. The third kappa shape index (κ3) is 5.61. The van der Waals surface area contributed by atoms with E-state index in [1.165, 1.54) is 0 Å². The first-order valence-corrected chi connectivity index (χ1v) is 10.0. The number of hydrogen-bond acceptors (Lipinski definition) is 3. The summed E-state index contributed by atoms with van der Waals surface area (Å²) in [5.41, 5.74) is 1.77. The second-order valence-corrected chi connectivity index (χ2v) is 7.84. The molecule has 2 aromatic carbocycles. The highest BCUT2D eigenvalue weighted by atomic mass is 35.5. The summed E-state index contributed by atoms with van der Waals surface area (Å²) in [5, 5.41) is 0.618. The van der Waals surface area contributed by atoms with E-state index in [1.807, 2.05) is 35.4 Å². The smallest absolute Gasteiger partial charge is 0.254 e. The lowest BCUT2D eigenvalue weighted by molar-refractivity contribution is 0.0716. The van der Waals surface area contributed by atoms with Crippen molar-refractivity contribution in [2.75, 3.05) is 13.7 Å². The Morgan fingerprint density at radius 3 is 2.45 bits per heavy atom. The maximum absolute atomic E-state index is 13.1. The van der Waals surface area contributed by atoms with Crippen LogP contribution in [-0.2, 0) is 13.1 Å². The fraction of sp³-hybridized carbons (Fsp3) is 0.304. The Balaban J connectivity index is 1.78. The molecule has 1 amide bonds. The summed E-state index contributed by atoms with van der Waals surface area (Å²) in [6.45, 7) is 5.99. The van der Waals surface area contributed by atoms with E-state index >= 15 is 0 Å². The first-order valence-electron chi connectivity index (χ1n) is 9.64. The Labute approximate surface area is 176 Å². The summed E-state index contributed by atoms with van der Waals surface area (Å²) < 4.78 is 7.30. The van der Waals surface area contributed by atoms with E-state index in [9.17, 15) is 4.79 Å². The number of rotatable bonds is 8. The molecule has 29 heavy (non-hydrogen) atoms. The lowest BCUT2D eigenvalue weighted by Crippen LogP contribution is -2.34. The number of amides is 1. The van der Waals surface area contributed by atoms with Crippen molar-refractivity contribution in [2.24, 2.45) is 5.92 Å². The van der Waals surface area contributed by atoms with Gasteiger partial charge in [-0.25, -0.2) is 4.98 Å². The van der Waals surface area contributed by atoms with E-state index in [0.717, 1.165) is 17.1 Å². The van der Waals surface area contributed by atoms with Crippen LogP contribution in [-0.4, -0.2) is 34.0 Å². The predicted octanol–water partition coefficient (Wildman–Crippen LogP) is 4.89. The van der Waals surface area contributed by atoms with E-state index in [4.69, 9.17) is 16.3 Å². The van der Waals surface area contributed by atoms with Gasteiger partial charge in [0, 0.05) is 36.1 Å². The molecule has 0 saturated heterocycles. The summed E-state index contributed by atoms with van der Waals surface area (Å²) in [5.74, 6) is 2.01. The second kappa shape index (κ2) is 9.61. The standard InChI is InChI=1S/C23H26ClN3O2/c1-17(2)14-27(23(28)19-6-8-20(24)9-7-19)16-22-25-12-13-26(22)15-18-4-10-21(29-3)11-5-18/h4-13,17H,14-16H2,1-3H3. The molecular formula is C23H26ClN3O2. The summed E-state index contributed by atoms with van der Waals surface area (Å²) in [4.78, 5) is 19.4. The van der Waals surface area contributed by atoms with Gasteiger partial charge in [-0.3, -0.25) is 4.79 Å². The molecule has 0 saturated carbocycles. The van der Waals surface area contributed by atoms with Crippen LogP contribution in [0.1, 0.15) is 35.6 Å². The Morgan fingerprint density at radius 1 is 1.14 bits per heavy atom. The number of carbonyl (C=O) groups excluding carboxylic acids is 1. The van der Waals surface area contributed by atoms with Crippen LogP contribution >= 0.6 is 11.6 Å². The Kier molecular flexibility index (Phi) is 6.94. The van der Waals surface area contributed by atoms with Gasteiger partial charge in [-0.2, -0.15) is 0 Å². The van der Waals surface area contributed by atoms with Crippen molar-refractivity contribution in [1.82, 2.24) is 14.5 Å². The van der Waals surface area contributed by atoms with Crippen molar-refractivity contribution < 1.29 is 9.53 Å². The van der Waals surface area contributed by atoms with Gasteiger partial charge in [-0.05, 0) is 47.9 Å². The highest BCUT2D eigenvalue weighted by molar-refractivity contribution is 6.30. The van der Waals surface area contributed by atoms with Crippen molar-refractivity contribution in [3.8, 4) is 5.75 Å². The van der Waals surface area contributed by atoms with Gasteiger partial charge in [0.15, 0.2) is 0 Å². The molecule has 0 N–H and O–H groups in total. The normalized spacial score (nSPS) is 10.9. The van der Waals surface area contributed by atoms with Crippen molar-refractivity contribution in [3.05, 3.63) is 82.9 Å². The van der Waals surface area contributed by atoms with Gasteiger partial charge in [-0.1, -0.05) is 37.6 Å². The number of halogens is 1. The summed E-state index contributed by atoms with van der Waals surface area (Å²) in [6, 6.07) is 15.0.